The lowest BCUT2D eigenvalue weighted by molar-refractivity contribution is 0.446. The number of nitrogens with zero attached hydrogens (tertiary/aromatic N) is 4. The number of hydrogen-bond donors (Lipinski definition) is 1. The Morgan fingerprint density at radius 2 is 2.22 bits per heavy atom. The van der Waals surface area contributed by atoms with E-state index in [9.17, 15) is 0 Å². The van der Waals surface area contributed by atoms with Crippen LogP contribution < -0.4 is 5.73 Å². The molecule has 5 nitrogen and oxygen atoms in total. The van der Waals surface area contributed by atoms with Gasteiger partial charge in [-0.2, -0.15) is 5.26 Å². The van der Waals surface area contributed by atoms with Crippen molar-refractivity contribution in [1.29, 1.82) is 5.26 Å². The molecule has 0 fully saturated rings. The number of rotatable bonds is 4. The highest BCUT2D eigenvalue weighted by Gasteiger charge is 2.23. The molecule has 2 atom stereocenters. The zero-order valence-electron chi connectivity index (χ0n) is 10.2. The number of hydrogen-bond acceptors (Lipinski definition) is 4. The molecule has 2 unspecified atom stereocenters. The molecule has 2 rings (SSSR count). The summed E-state index contributed by atoms with van der Waals surface area (Å²) in [6.07, 6.45) is 5.91. The molecule has 0 amide bonds. The maximum absolute atomic E-state index is 9.06. The molecule has 92 valence electrons. The zero-order chi connectivity index (χ0) is 13.0. The monoisotopic (exact) mass is 241 g/mol. The first-order valence-electron chi connectivity index (χ1n) is 5.87. The van der Waals surface area contributed by atoms with Crippen LogP contribution in [0.4, 0.5) is 0 Å². The number of pyridine rings is 1. The van der Waals surface area contributed by atoms with E-state index in [0.29, 0.717) is 5.82 Å². The van der Waals surface area contributed by atoms with Gasteiger partial charge in [-0.25, -0.2) is 4.98 Å². The van der Waals surface area contributed by atoms with Gasteiger partial charge in [0, 0.05) is 24.6 Å². The number of aromatic nitrogens is 3. The molecule has 0 aliphatic carbocycles. The third-order valence-electron chi connectivity index (χ3n) is 2.94. The first kappa shape index (κ1) is 12.3. The van der Waals surface area contributed by atoms with E-state index in [1.165, 1.54) is 0 Å². The minimum Gasteiger partial charge on any atom is -0.326 e. The molecule has 0 radical (unpaired) electrons. The topological polar surface area (TPSA) is 80.5 Å². The summed E-state index contributed by atoms with van der Waals surface area (Å²) in [6.45, 7) is 2.02. The summed E-state index contributed by atoms with van der Waals surface area (Å²) in [5.74, 6) is 0.356. The fourth-order valence-electron chi connectivity index (χ4n) is 1.97. The van der Waals surface area contributed by atoms with Crippen LogP contribution in [0.1, 0.15) is 30.9 Å². The van der Waals surface area contributed by atoms with Gasteiger partial charge in [-0.05, 0) is 18.6 Å². The van der Waals surface area contributed by atoms with Crippen molar-refractivity contribution in [2.45, 2.75) is 25.4 Å². The Hall–Kier alpha value is -2.19. The van der Waals surface area contributed by atoms with Gasteiger partial charge in [-0.3, -0.25) is 4.98 Å². The van der Waals surface area contributed by atoms with Crippen molar-refractivity contribution in [2.75, 3.05) is 0 Å². The third-order valence-corrected chi connectivity index (χ3v) is 2.94. The maximum atomic E-state index is 9.06. The van der Waals surface area contributed by atoms with Crippen LogP contribution in [0.25, 0.3) is 0 Å². The third kappa shape index (κ3) is 2.24. The van der Waals surface area contributed by atoms with E-state index >= 15 is 0 Å². The maximum Gasteiger partial charge on any atom is 0.213 e. The fraction of sp³-hybridized carbons (Fsp3) is 0.308. The number of nitrogens with two attached hydrogens (primary N) is 1. The standard InChI is InChI=1S/C13H15N5/c1-2-10(15)13(11-5-3-4-6-16-11)18-8-7-17-12(18)9-14/h3-8,10,13H,2,15H2,1H3. The fourth-order valence-corrected chi connectivity index (χ4v) is 1.97. The Balaban J connectivity index is 2.48. The lowest BCUT2D eigenvalue weighted by Gasteiger charge is -2.24. The molecule has 2 heterocycles. The van der Waals surface area contributed by atoms with Crippen molar-refractivity contribution < 1.29 is 0 Å². The molecule has 18 heavy (non-hydrogen) atoms. The van der Waals surface area contributed by atoms with Crippen molar-refractivity contribution in [3.8, 4) is 6.07 Å². The summed E-state index contributed by atoms with van der Waals surface area (Å²) < 4.78 is 1.79. The van der Waals surface area contributed by atoms with Gasteiger partial charge in [0.25, 0.3) is 0 Å². The Morgan fingerprint density at radius 1 is 1.39 bits per heavy atom. The van der Waals surface area contributed by atoms with Crippen LogP contribution in [0, 0.1) is 11.3 Å². The van der Waals surface area contributed by atoms with Gasteiger partial charge in [-0.1, -0.05) is 13.0 Å². The first-order chi connectivity index (χ1) is 8.77. The van der Waals surface area contributed by atoms with Gasteiger partial charge < -0.3 is 10.3 Å². The largest absolute Gasteiger partial charge is 0.326 e. The average Bonchev–Trinajstić information content (AvgIpc) is 2.88. The molecule has 2 N–H and O–H groups in total. The Morgan fingerprint density at radius 3 is 2.83 bits per heavy atom. The van der Waals surface area contributed by atoms with Crippen molar-refractivity contribution >= 4 is 0 Å². The van der Waals surface area contributed by atoms with Gasteiger partial charge >= 0.3 is 0 Å². The normalized spacial score (nSPS) is 13.8. The Kier molecular flexibility index (Phi) is 3.70. The molecule has 2 aromatic heterocycles. The van der Waals surface area contributed by atoms with Crippen molar-refractivity contribution in [3.63, 3.8) is 0 Å². The summed E-state index contributed by atoms with van der Waals surface area (Å²) in [4.78, 5) is 8.36. The van der Waals surface area contributed by atoms with Gasteiger partial charge in [0.05, 0.1) is 11.7 Å². The van der Waals surface area contributed by atoms with Crippen LogP contribution in [0.15, 0.2) is 36.8 Å². The zero-order valence-corrected chi connectivity index (χ0v) is 10.2. The molecule has 0 saturated carbocycles. The van der Waals surface area contributed by atoms with Crippen LogP contribution in [-0.2, 0) is 0 Å². The van der Waals surface area contributed by atoms with E-state index in [4.69, 9.17) is 11.0 Å². The second kappa shape index (κ2) is 5.43. The predicted molar refractivity (Wildman–Crippen MR) is 67.6 cm³/mol. The Labute approximate surface area is 106 Å². The molecule has 0 aromatic carbocycles. The van der Waals surface area contributed by atoms with Gasteiger partial charge in [-0.15, -0.1) is 0 Å². The molecule has 0 saturated heterocycles. The molecular formula is C13H15N5. The van der Waals surface area contributed by atoms with Crippen LogP contribution in [-0.4, -0.2) is 20.6 Å². The summed E-state index contributed by atoms with van der Waals surface area (Å²) in [5.41, 5.74) is 7.01. The molecular weight excluding hydrogens is 226 g/mol. The molecule has 0 spiro atoms. The highest BCUT2D eigenvalue weighted by molar-refractivity contribution is 5.20. The number of nitriles is 1. The summed E-state index contributed by atoms with van der Waals surface area (Å²) in [7, 11) is 0. The highest BCUT2D eigenvalue weighted by atomic mass is 15.1. The lowest BCUT2D eigenvalue weighted by Crippen LogP contribution is -2.33. The van der Waals surface area contributed by atoms with Crippen LogP contribution in [0.5, 0.6) is 0 Å². The van der Waals surface area contributed by atoms with Crippen LogP contribution in [0.3, 0.4) is 0 Å². The second-order valence-corrected chi connectivity index (χ2v) is 4.04. The molecule has 0 aliphatic rings. The van der Waals surface area contributed by atoms with Gasteiger partial charge in [0.2, 0.25) is 5.82 Å². The van der Waals surface area contributed by atoms with Crippen LogP contribution in [0.2, 0.25) is 0 Å². The van der Waals surface area contributed by atoms with E-state index < -0.39 is 0 Å². The molecule has 2 aromatic rings. The number of imidazole rings is 1. The minimum atomic E-state index is -0.159. The van der Waals surface area contributed by atoms with E-state index in [2.05, 4.69) is 16.0 Å². The van der Waals surface area contributed by atoms with Gasteiger partial charge in [0.1, 0.15) is 6.07 Å². The Bertz CT molecular complexity index is 540. The van der Waals surface area contributed by atoms with E-state index in [0.717, 1.165) is 12.1 Å². The van der Waals surface area contributed by atoms with E-state index in [1.54, 1.807) is 23.2 Å². The summed E-state index contributed by atoms with van der Waals surface area (Å²) >= 11 is 0. The van der Waals surface area contributed by atoms with Crippen molar-refractivity contribution in [3.05, 3.63) is 48.3 Å². The second-order valence-electron chi connectivity index (χ2n) is 4.04. The van der Waals surface area contributed by atoms with Crippen molar-refractivity contribution in [2.24, 2.45) is 5.73 Å². The molecule has 0 bridgehead atoms. The van der Waals surface area contributed by atoms with E-state index in [1.807, 2.05) is 25.1 Å². The van der Waals surface area contributed by atoms with Crippen molar-refractivity contribution in [1.82, 2.24) is 14.5 Å². The van der Waals surface area contributed by atoms with E-state index in [-0.39, 0.29) is 12.1 Å². The molecule has 0 aliphatic heterocycles. The first-order valence-corrected chi connectivity index (χ1v) is 5.87. The average molecular weight is 241 g/mol. The molecule has 5 heteroatoms. The lowest BCUT2D eigenvalue weighted by atomic mass is 10.0. The smallest absolute Gasteiger partial charge is 0.213 e. The summed E-state index contributed by atoms with van der Waals surface area (Å²) in [6, 6.07) is 7.50. The minimum absolute atomic E-state index is 0.110. The quantitative estimate of drug-likeness (QED) is 0.879. The SMILES string of the molecule is CCC(N)C(c1ccccn1)n1ccnc1C#N. The predicted octanol–water partition coefficient (Wildman–Crippen LogP) is 1.48. The van der Waals surface area contributed by atoms with Gasteiger partial charge in [0.15, 0.2) is 0 Å². The summed E-state index contributed by atoms with van der Waals surface area (Å²) in [5, 5.41) is 9.06. The highest BCUT2D eigenvalue weighted by Crippen LogP contribution is 2.22. The van der Waals surface area contributed by atoms with Crippen LogP contribution >= 0.6 is 0 Å².